The van der Waals surface area contributed by atoms with Crippen molar-refractivity contribution in [3.05, 3.63) is 77.5 Å². The van der Waals surface area contributed by atoms with E-state index >= 15 is 0 Å². The summed E-state index contributed by atoms with van der Waals surface area (Å²) in [5.41, 5.74) is 3.35. The lowest BCUT2D eigenvalue weighted by Crippen LogP contribution is -2.59. The third kappa shape index (κ3) is 4.83. The number of nitrogens with one attached hydrogen (secondary N) is 1. The third-order valence-electron chi connectivity index (χ3n) is 8.40. The van der Waals surface area contributed by atoms with Crippen LogP contribution < -0.4 is 10.1 Å². The molecule has 2 unspecified atom stereocenters. The summed E-state index contributed by atoms with van der Waals surface area (Å²) in [6, 6.07) is 16.3. The van der Waals surface area contributed by atoms with E-state index in [0.717, 1.165) is 27.8 Å². The lowest BCUT2D eigenvalue weighted by molar-refractivity contribution is -0.175. The van der Waals surface area contributed by atoms with Crippen LogP contribution in [0.25, 0.3) is 16.5 Å². The van der Waals surface area contributed by atoms with Gasteiger partial charge < -0.3 is 24.4 Å². The number of hydrogen-bond acceptors (Lipinski definition) is 8. The summed E-state index contributed by atoms with van der Waals surface area (Å²) < 4.78 is 17.4. The van der Waals surface area contributed by atoms with Crippen LogP contribution in [-0.2, 0) is 14.3 Å². The zero-order valence-corrected chi connectivity index (χ0v) is 23.5. The smallest absolute Gasteiger partial charge is 0.251 e. The molecule has 2 aromatic carbocycles. The van der Waals surface area contributed by atoms with E-state index in [1.165, 1.54) is 12.8 Å². The van der Waals surface area contributed by atoms with E-state index in [-0.39, 0.29) is 30.2 Å². The Morgan fingerprint density at radius 1 is 1.20 bits per heavy atom. The monoisotopic (exact) mass is 551 g/mol. The quantitative estimate of drug-likeness (QED) is 0.431. The summed E-state index contributed by atoms with van der Waals surface area (Å²) in [6.45, 7) is 2.97. The van der Waals surface area contributed by atoms with Gasteiger partial charge in [0.25, 0.3) is 5.91 Å². The fourth-order valence-electron chi connectivity index (χ4n) is 6.00. The first-order chi connectivity index (χ1) is 20.0. The zero-order valence-electron chi connectivity index (χ0n) is 23.5. The number of fused-ring (bicyclic) bond motifs is 1. The van der Waals surface area contributed by atoms with Gasteiger partial charge in [0, 0.05) is 30.6 Å². The molecule has 0 radical (unpaired) electrons. The van der Waals surface area contributed by atoms with Gasteiger partial charge in [-0.05, 0) is 55.0 Å². The normalized spacial score (nSPS) is 23.2. The minimum Gasteiger partial charge on any atom is -0.496 e. The second-order valence-corrected chi connectivity index (χ2v) is 10.8. The van der Waals surface area contributed by atoms with Crippen molar-refractivity contribution in [2.45, 2.75) is 37.5 Å². The molecule has 3 aromatic rings. The van der Waals surface area contributed by atoms with E-state index in [9.17, 15) is 10.1 Å². The van der Waals surface area contributed by atoms with Gasteiger partial charge >= 0.3 is 0 Å². The average molecular weight is 552 g/mol. The van der Waals surface area contributed by atoms with Crippen LogP contribution >= 0.6 is 0 Å². The number of ether oxygens (including phenoxy) is 3. The van der Waals surface area contributed by atoms with Crippen LogP contribution in [0.1, 0.15) is 42.5 Å². The second kappa shape index (κ2) is 11.0. The number of nitrogens with zero attached hydrogens (tertiary/aromatic N) is 4. The summed E-state index contributed by atoms with van der Waals surface area (Å²) in [7, 11) is 3.28. The number of para-hydroxylation sites is 1. The molecule has 9 heteroatoms. The van der Waals surface area contributed by atoms with Gasteiger partial charge in [-0.15, -0.1) is 10.2 Å². The Bertz CT molecular complexity index is 1590. The summed E-state index contributed by atoms with van der Waals surface area (Å²) in [5.74, 6) is 0.832. The molecule has 0 spiro atoms. The van der Waals surface area contributed by atoms with Gasteiger partial charge in [0.2, 0.25) is 0 Å². The largest absolute Gasteiger partial charge is 0.496 e. The van der Waals surface area contributed by atoms with Crippen molar-refractivity contribution in [1.29, 1.82) is 5.26 Å². The zero-order chi connectivity index (χ0) is 28.6. The van der Waals surface area contributed by atoms with Gasteiger partial charge in [-0.1, -0.05) is 42.5 Å². The second-order valence-electron chi connectivity index (χ2n) is 10.8. The summed E-state index contributed by atoms with van der Waals surface area (Å²) in [4.78, 5) is 14.9. The number of morpholine rings is 1. The lowest BCUT2D eigenvalue weighted by Gasteiger charge is -2.48. The van der Waals surface area contributed by atoms with Crippen molar-refractivity contribution >= 4 is 28.1 Å². The van der Waals surface area contributed by atoms with Gasteiger partial charge in [-0.2, -0.15) is 5.26 Å². The molecule has 1 aliphatic heterocycles. The number of carbonyl (C=O) groups excluding carboxylic acids is 1. The molecule has 1 N–H and O–H groups in total. The molecule has 2 fully saturated rings. The predicted molar refractivity (Wildman–Crippen MR) is 155 cm³/mol. The molecule has 0 bridgehead atoms. The van der Waals surface area contributed by atoms with Gasteiger partial charge in [0.1, 0.15) is 18.4 Å². The highest BCUT2D eigenvalue weighted by Crippen LogP contribution is 2.45. The molecule has 6 rings (SSSR count). The Kier molecular flexibility index (Phi) is 7.20. The van der Waals surface area contributed by atoms with E-state index in [2.05, 4.69) is 34.6 Å². The maximum atomic E-state index is 13.2. The van der Waals surface area contributed by atoms with E-state index < -0.39 is 5.72 Å². The topological polar surface area (TPSA) is 110 Å². The minimum absolute atomic E-state index is 0.00307. The highest BCUT2D eigenvalue weighted by Gasteiger charge is 2.47. The van der Waals surface area contributed by atoms with Crippen LogP contribution in [0.5, 0.6) is 5.75 Å². The van der Waals surface area contributed by atoms with Crippen molar-refractivity contribution < 1.29 is 19.0 Å². The van der Waals surface area contributed by atoms with E-state index in [1.807, 2.05) is 54.6 Å². The van der Waals surface area contributed by atoms with Gasteiger partial charge in [-0.3, -0.25) is 4.79 Å². The number of hydrogen-bond donors (Lipinski definition) is 1. The molecular formula is C32H33N5O4. The molecule has 2 aliphatic carbocycles. The maximum Gasteiger partial charge on any atom is 0.251 e. The van der Waals surface area contributed by atoms with Crippen molar-refractivity contribution in [2.75, 3.05) is 39.3 Å². The van der Waals surface area contributed by atoms with Crippen molar-refractivity contribution in [3.8, 4) is 11.8 Å². The molecule has 41 heavy (non-hydrogen) atoms. The van der Waals surface area contributed by atoms with Crippen molar-refractivity contribution in [2.24, 2.45) is 5.92 Å². The SMILES string of the molecule is COc1ccccc1C1=C[C@H](c2ccc3c(NC(C)C4CC4)c(C#N)nnc3c2)C(OC)(N2CCOCC2=O)C=C1. The summed E-state index contributed by atoms with van der Waals surface area (Å²) >= 11 is 0. The van der Waals surface area contributed by atoms with E-state index in [0.29, 0.717) is 30.3 Å². The Balaban J connectivity index is 1.49. The number of allylic oxidation sites excluding steroid dienone is 2. The molecule has 1 amide bonds. The molecule has 3 atom stereocenters. The Morgan fingerprint density at radius 3 is 2.76 bits per heavy atom. The number of methoxy groups -OCH3 is 2. The van der Waals surface area contributed by atoms with E-state index in [1.54, 1.807) is 19.1 Å². The number of benzene rings is 2. The Hall–Kier alpha value is -4.26. The van der Waals surface area contributed by atoms with Crippen LogP contribution in [0.4, 0.5) is 5.69 Å². The fraction of sp³-hybridized carbons (Fsp3) is 0.375. The Morgan fingerprint density at radius 2 is 2.02 bits per heavy atom. The van der Waals surface area contributed by atoms with Gasteiger partial charge in [0.15, 0.2) is 11.4 Å². The standard InChI is InChI=1S/C32H33N5O4/c1-20(21-8-9-21)34-31-25-11-10-23(17-27(25)35-36-28(31)18-33)26-16-22(24-6-4-5-7-29(24)39-2)12-13-32(26,40-3)37-14-15-41-19-30(37)38/h4-7,10-13,16-17,20-21,26H,8-9,14-15,19H2,1-3H3,(H,34,35)/t20?,26-,32?/m1/s1. The number of carbonyl (C=O) groups is 1. The van der Waals surface area contributed by atoms with Crippen molar-refractivity contribution in [1.82, 2.24) is 15.1 Å². The van der Waals surface area contributed by atoms with Crippen LogP contribution in [0.2, 0.25) is 0 Å². The Labute approximate surface area is 239 Å². The number of nitriles is 1. The number of rotatable bonds is 8. The molecule has 1 aromatic heterocycles. The van der Waals surface area contributed by atoms with E-state index in [4.69, 9.17) is 14.2 Å². The van der Waals surface area contributed by atoms with Crippen molar-refractivity contribution in [3.63, 3.8) is 0 Å². The summed E-state index contributed by atoms with van der Waals surface area (Å²) in [6.07, 6.45) is 8.44. The fourth-order valence-corrected chi connectivity index (χ4v) is 6.00. The number of amides is 1. The van der Waals surface area contributed by atoms with Crippen LogP contribution in [0.15, 0.2) is 60.7 Å². The molecule has 1 saturated carbocycles. The summed E-state index contributed by atoms with van der Waals surface area (Å²) in [5, 5.41) is 22.8. The average Bonchev–Trinajstić information content (AvgIpc) is 3.87. The molecule has 1 saturated heterocycles. The minimum atomic E-state index is -1.08. The highest BCUT2D eigenvalue weighted by molar-refractivity contribution is 5.94. The van der Waals surface area contributed by atoms with Crippen LogP contribution in [0, 0.1) is 17.2 Å². The number of aromatic nitrogens is 2. The first-order valence-electron chi connectivity index (χ1n) is 13.9. The predicted octanol–water partition coefficient (Wildman–Crippen LogP) is 4.66. The lowest BCUT2D eigenvalue weighted by atomic mass is 9.79. The third-order valence-corrected chi connectivity index (χ3v) is 8.40. The number of anilines is 1. The maximum absolute atomic E-state index is 13.2. The molecule has 2 heterocycles. The molecule has 210 valence electrons. The first-order valence-corrected chi connectivity index (χ1v) is 13.9. The van der Waals surface area contributed by atoms with Gasteiger partial charge in [0.05, 0.1) is 30.8 Å². The highest BCUT2D eigenvalue weighted by atomic mass is 16.5. The molecular weight excluding hydrogens is 518 g/mol. The first kappa shape index (κ1) is 26.9. The van der Waals surface area contributed by atoms with Crippen LogP contribution in [-0.4, -0.2) is 66.7 Å². The van der Waals surface area contributed by atoms with Gasteiger partial charge in [-0.25, -0.2) is 0 Å². The molecule has 9 nitrogen and oxygen atoms in total. The van der Waals surface area contributed by atoms with Crippen LogP contribution in [0.3, 0.4) is 0 Å². The molecule has 3 aliphatic rings.